The zero-order valence-electron chi connectivity index (χ0n) is 13.4. The fraction of sp³-hybridized carbons (Fsp3) is 0.333. The molecule has 126 valence electrons. The quantitative estimate of drug-likeness (QED) is 0.940. The number of hydrogen-bond donors (Lipinski definition) is 1. The van der Waals surface area contributed by atoms with Crippen LogP contribution in [0.5, 0.6) is 0 Å². The first-order valence-corrected chi connectivity index (χ1v) is 7.93. The highest BCUT2D eigenvalue weighted by atomic mass is 19.1. The number of benzene rings is 1. The van der Waals surface area contributed by atoms with Crippen molar-refractivity contribution >= 4 is 17.5 Å². The van der Waals surface area contributed by atoms with Crippen molar-refractivity contribution in [2.75, 3.05) is 18.4 Å². The summed E-state index contributed by atoms with van der Waals surface area (Å²) in [5, 5.41) is 2.79. The van der Waals surface area contributed by atoms with E-state index in [1.54, 1.807) is 17.0 Å². The zero-order valence-corrected chi connectivity index (χ0v) is 13.4. The van der Waals surface area contributed by atoms with Crippen molar-refractivity contribution < 1.29 is 18.4 Å². The third kappa shape index (κ3) is 3.48. The van der Waals surface area contributed by atoms with E-state index in [4.69, 9.17) is 4.42 Å². The van der Waals surface area contributed by atoms with Gasteiger partial charge in [-0.05, 0) is 43.5 Å². The van der Waals surface area contributed by atoms with Gasteiger partial charge < -0.3 is 14.6 Å². The van der Waals surface area contributed by atoms with Gasteiger partial charge in [-0.25, -0.2) is 4.39 Å². The molecule has 1 aromatic carbocycles. The van der Waals surface area contributed by atoms with E-state index >= 15 is 0 Å². The maximum absolute atomic E-state index is 13.3. The van der Waals surface area contributed by atoms with Gasteiger partial charge in [-0.2, -0.15) is 0 Å². The Morgan fingerprint density at radius 2 is 2.00 bits per heavy atom. The number of likely N-dealkylation sites (tertiary alicyclic amines) is 1. The monoisotopic (exact) mass is 330 g/mol. The average molecular weight is 330 g/mol. The van der Waals surface area contributed by atoms with Crippen molar-refractivity contribution in [2.45, 2.75) is 19.8 Å². The smallest absolute Gasteiger partial charge is 0.257 e. The lowest BCUT2D eigenvalue weighted by atomic mass is 9.95. The third-order valence-electron chi connectivity index (χ3n) is 4.38. The van der Waals surface area contributed by atoms with Crippen LogP contribution in [0.15, 0.2) is 41.2 Å². The van der Waals surface area contributed by atoms with Crippen LogP contribution >= 0.6 is 0 Å². The Balaban J connectivity index is 1.57. The first kappa shape index (κ1) is 16.2. The van der Waals surface area contributed by atoms with E-state index in [0.717, 1.165) is 5.56 Å². The van der Waals surface area contributed by atoms with Crippen LogP contribution in [0, 0.1) is 18.7 Å². The van der Waals surface area contributed by atoms with Crippen LogP contribution in [0.25, 0.3) is 0 Å². The second-order valence-electron chi connectivity index (χ2n) is 6.03. The molecule has 1 aliphatic heterocycles. The van der Waals surface area contributed by atoms with Crippen molar-refractivity contribution in [2.24, 2.45) is 5.92 Å². The van der Waals surface area contributed by atoms with Gasteiger partial charge in [0.1, 0.15) is 12.1 Å². The van der Waals surface area contributed by atoms with E-state index < -0.39 is 0 Å². The summed E-state index contributed by atoms with van der Waals surface area (Å²) >= 11 is 0. The summed E-state index contributed by atoms with van der Waals surface area (Å²) in [6, 6.07) is 5.96. The number of amides is 2. The molecule has 0 spiro atoms. The predicted octanol–water partition coefficient (Wildman–Crippen LogP) is 3.22. The normalized spacial score (nSPS) is 15.3. The molecule has 24 heavy (non-hydrogen) atoms. The molecule has 1 fully saturated rings. The molecule has 0 aliphatic carbocycles. The fourth-order valence-corrected chi connectivity index (χ4v) is 2.88. The Bertz CT molecular complexity index is 735. The summed E-state index contributed by atoms with van der Waals surface area (Å²) in [5.41, 5.74) is 1.84. The van der Waals surface area contributed by atoms with Crippen molar-refractivity contribution in [1.29, 1.82) is 0 Å². The first-order chi connectivity index (χ1) is 11.5. The molecule has 3 rings (SSSR count). The average Bonchev–Trinajstić information content (AvgIpc) is 3.12. The molecule has 1 aliphatic rings. The number of piperidine rings is 1. The topological polar surface area (TPSA) is 62.6 Å². The predicted molar refractivity (Wildman–Crippen MR) is 87.1 cm³/mol. The minimum Gasteiger partial charge on any atom is -0.472 e. The van der Waals surface area contributed by atoms with Gasteiger partial charge in [0.2, 0.25) is 5.91 Å². The number of nitrogens with zero attached hydrogens (tertiary/aromatic N) is 1. The van der Waals surface area contributed by atoms with E-state index in [1.807, 2.05) is 6.92 Å². The molecule has 2 aromatic rings. The Kier molecular flexibility index (Phi) is 4.64. The highest BCUT2D eigenvalue weighted by molar-refractivity contribution is 5.95. The Morgan fingerprint density at radius 1 is 1.25 bits per heavy atom. The number of halogens is 1. The van der Waals surface area contributed by atoms with E-state index in [9.17, 15) is 14.0 Å². The third-order valence-corrected chi connectivity index (χ3v) is 4.38. The molecular weight excluding hydrogens is 311 g/mol. The number of aryl methyl sites for hydroxylation is 1. The van der Waals surface area contributed by atoms with Crippen LogP contribution in [0.3, 0.4) is 0 Å². The lowest BCUT2D eigenvalue weighted by Gasteiger charge is -2.31. The SMILES string of the molecule is Cc1ccc(F)cc1NC(=O)C1CCN(C(=O)c2ccoc2)CC1. The van der Waals surface area contributed by atoms with Crippen LogP contribution in [0.1, 0.15) is 28.8 Å². The summed E-state index contributed by atoms with van der Waals surface area (Å²) in [7, 11) is 0. The van der Waals surface area contributed by atoms with Crippen LogP contribution in [-0.2, 0) is 4.79 Å². The van der Waals surface area contributed by atoms with E-state index in [0.29, 0.717) is 37.2 Å². The van der Waals surface area contributed by atoms with Gasteiger partial charge in [-0.15, -0.1) is 0 Å². The largest absolute Gasteiger partial charge is 0.472 e. The van der Waals surface area contributed by atoms with Crippen molar-refractivity contribution in [3.8, 4) is 0 Å². The highest BCUT2D eigenvalue weighted by Crippen LogP contribution is 2.23. The Labute approximate surface area is 139 Å². The second-order valence-corrected chi connectivity index (χ2v) is 6.03. The summed E-state index contributed by atoms with van der Waals surface area (Å²) in [6.45, 7) is 2.86. The summed E-state index contributed by atoms with van der Waals surface area (Å²) < 4.78 is 18.2. The van der Waals surface area contributed by atoms with Crippen molar-refractivity contribution in [3.63, 3.8) is 0 Å². The molecule has 2 heterocycles. The maximum Gasteiger partial charge on any atom is 0.257 e. The minimum absolute atomic E-state index is 0.0800. The van der Waals surface area contributed by atoms with Crippen LogP contribution in [-0.4, -0.2) is 29.8 Å². The molecule has 0 unspecified atom stereocenters. The van der Waals surface area contributed by atoms with E-state index in [2.05, 4.69) is 5.32 Å². The number of carbonyl (C=O) groups is 2. The number of nitrogens with one attached hydrogen (secondary N) is 1. The van der Waals surface area contributed by atoms with Crippen molar-refractivity contribution in [3.05, 3.63) is 53.7 Å². The molecule has 6 heteroatoms. The van der Waals surface area contributed by atoms with Gasteiger partial charge in [0.15, 0.2) is 0 Å². The summed E-state index contributed by atoms with van der Waals surface area (Å²) in [5.74, 6) is -0.764. The van der Waals surface area contributed by atoms with Crippen LogP contribution in [0.4, 0.5) is 10.1 Å². The zero-order chi connectivity index (χ0) is 17.1. The summed E-state index contributed by atoms with van der Waals surface area (Å²) in [4.78, 5) is 26.3. The maximum atomic E-state index is 13.3. The van der Waals surface area contributed by atoms with Crippen molar-refractivity contribution in [1.82, 2.24) is 4.90 Å². The van der Waals surface area contributed by atoms with Crippen LogP contribution < -0.4 is 5.32 Å². The standard InChI is InChI=1S/C18H19FN2O3/c1-12-2-3-15(19)10-16(12)20-17(22)13-4-7-21(8-5-13)18(23)14-6-9-24-11-14/h2-3,6,9-11,13H,4-5,7-8H2,1H3,(H,20,22). The highest BCUT2D eigenvalue weighted by Gasteiger charge is 2.28. The number of furan rings is 1. The molecule has 1 saturated heterocycles. The van der Waals surface area contributed by atoms with Gasteiger partial charge >= 0.3 is 0 Å². The molecule has 1 aromatic heterocycles. The van der Waals surface area contributed by atoms with Gasteiger partial charge in [0.05, 0.1) is 11.8 Å². The van der Waals surface area contributed by atoms with Gasteiger partial charge in [-0.3, -0.25) is 9.59 Å². The molecular formula is C18H19FN2O3. The fourth-order valence-electron chi connectivity index (χ4n) is 2.88. The van der Waals surface area contributed by atoms with Crippen LogP contribution in [0.2, 0.25) is 0 Å². The molecule has 0 radical (unpaired) electrons. The molecule has 2 amide bonds. The van der Waals surface area contributed by atoms with Gasteiger partial charge in [-0.1, -0.05) is 6.07 Å². The summed E-state index contributed by atoms with van der Waals surface area (Å²) in [6.07, 6.45) is 4.07. The Morgan fingerprint density at radius 3 is 2.67 bits per heavy atom. The molecule has 1 N–H and O–H groups in total. The number of anilines is 1. The van der Waals surface area contributed by atoms with E-state index in [1.165, 1.54) is 24.7 Å². The first-order valence-electron chi connectivity index (χ1n) is 7.93. The molecule has 5 nitrogen and oxygen atoms in total. The lowest BCUT2D eigenvalue weighted by molar-refractivity contribution is -0.121. The van der Waals surface area contributed by atoms with E-state index in [-0.39, 0.29) is 23.5 Å². The Hall–Kier alpha value is -2.63. The minimum atomic E-state index is -0.378. The molecule has 0 atom stereocenters. The number of carbonyl (C=O) groups excluding carboxylic acids is 2. The van der Waals surface area contributed by atoms with Gasteiger partial charge in [0, 0.05) is 24.7 Å². The number of rotatable bonds is 3. The number of hydrogen-bond acceptors (Lipinski definition) is 3. The lowest BCUT2D eigenvalue weighted by Crippen LogP contribution is -2.41. The molecule has 0 bridgehead atoms. The molecule has 0 saturated carbocycles. The van der Waals surface area contributed by atoms with Gasteiger partial charge in [0.25, 0.3) is 5.91 Å². The second kappa shape index (κ2) is 6.86.